The Labute approximate surface area is 45.2 Å². The lowest BCUT2D eigenvalue weighted by Crippen LogP contribution is -2.06. The van der Waals surface area contributed by atoms with Crippen LogP contribution in [-0.2, 0) is 0 Å². The third-order valence-electron chi connectivity index (χ3n) is 0.483. The maximum Gasteiger partial charge on any atom is 0.278 e. The maximum atomic E-state index is 11.3. The van der Waals surface area contributed by atoms with Gasteiger partial charge in [0.25, 0.3) is 6.43 Å². The van der Waals surface area contributed by atoms with Crippen LogP contribution in [0.4, 0.5) is 8.78 Å². The molecule has 0 radical (unpaired) electrons. The molecule has 0 spiro atoms. The second-order valence-electron chi connectivity index (χ2n) is 1.07. The van der Waals surface area contributed by atoms with Gasteiger partial charge in [-0.3, -0.25) is 0 Å². The zero-order chi connectivity index (χ0) is 6.57. The molecule has 0 unspecified atom stereocenters. The van der Waals surface area contributed by atoms with Gasteiger partial charge in [-0.2, -0.15) is 5.26 Å². The Morgan fingerprint density at radius 2 is 2.25 bits per heavy atom. The standard InChI is InChI=1S/C4H4F2N2/c5-4(6)3(8)1-2-7/h1,4H,8H2/b3-1+. The number of alkyl halides is 2. The lowest BCUT2D eigenvalue weighted by Gasteiger charge is -1.91. The summed E-state index contributed by atoms with van der Waals surface area (Å²) in [6, 6.07) is 1.38. The molecule has 0 rings (SSSR count). The summed E-state index contributed by atoms with van der Waals surface area (Å²) in [7, 11) is 0. The molecule has 2 N–H and O–H groups in total. The van der Waals surface area contributed by atoms with Crippen molar-refractivity contribution in [2.24, 2.45) is 5.73 Å². The van der Waals surface area contributed by atoms with Gasteiger partial charge >= 0.3 is 0 Å². The Morgan fingerprint density at radius 1 is 1.75 bits per heavy atom. The molecule has 4 heteroatoms. The molecule has 0 fully saturated rings. The van der Waals surface area contributed by atoms with Gasteiger partial charge in [-0.25, -0.2) is 8.78 Å². The van der Waals surface area contributed by atoms with Crippen molar-refractivity contribution in [3.8, 4) is 6.07 Å². The highest BCUT2D eigenvalue weighted by atomic mass is 19.3. The minimum Gasteiger partial charge on any atom is -0.397 e. The Hall–Kier alpha value is -1.11. The van der Waals surface area contributed by atoms with E-state index in [1.807, 2.05) is 0 Å². The monoisotopic (exact) mass is 118 g/mol. The summed E-state index contributed by atoms with van der Waals surface area (Å²) < 4.78 is 22.5. The molecule has 0 saturated carbocycles. The first-order chi connectivity index (χ1) is 3.68. The number of nitrogens with two attached hydrogens (primary N) is 1. The van der Waals surface area contributed by atoms with E-state index in [-0.39, 0.29) is 0 Å². The van der Waals surface area contributed by atoms with Crippen molar-refractivity contribution in [2.75, 3.05) is 0 Å². The van der Waals surface area contributed by atoms with Crippen molar-refractivity contribution in [2.45, 2.75) is 6.43 Å². The van der Waals surface area contributed by atoms with Crippen LogP contribution in [0.15, 0.2) is 11.8 Å². The highest BCUT2D eigenvalue weighted by Gasteiger charge is 2.03. The van der Waals surface area contributed by atoms with Crippen LogP contribution >= 0.6 is 0 Å². The predicted molar refractivity (Wildman–Crippen MR) is 23.9 cm³/mol. The van der Waals surface area contributed by atoms with Crippen molar-refractivity contribution in [3.05, 3.63) is 11.8 Å². The fraction of sp³-hybridized carbons (Fsp3) is 0.250. The quantitative estimate of drug-likeness (QED) is 0.513. The zero-order valence-corrected chi connectivity index (χ0v) is 3.94. The Kier molecular flexibility index (Phi) is 2.56. The number of nitrogens with zero attached hydrogens (tertiary/aromatic N) is 1. The van der Waals surface area contributed by atoms with Crippen LogP contribution in [0.25, 0.3) is 0 Å². The fourth-order valence-electron chi connectivity index (χ4n) is 0.138. The van der Waals surface area contributed by atoms with Crippen LogP contribution in [-0.4, -0.2) is 6.43 Å². The Bertz CT molecular complexity index is 133. The van der Waals surface area contributed by atoms with Gasteiger partial charge in [0.1, 0.15) is 0 Å². The van der Waals surface area contributed by atoms with Gasteiger partial charge < -0.3 is 5.73 Å². The average molecular weight is 118 g/mol. The molecule has 0 aromatic rings. The molecule has 0 heterocycles. The van der Waals surface area contributed by atoms with Crippen molar-refractivity contribution in [1.29, 1.82) is 5.26 Å². The van der Waals surface area contributed by atoms with Crippen LogP contribution in [0, 0.1) is 11.3 Å². The van der Waals surface area contributed by atoms with Crippen LogP contribution in [0.1, 0.15) is 0 Å². The molecular weight excluding hydrogens is 114 g/mol. The first kappa shape index (κ1) is 6.89. The number of allylic oxidation sites excluding steroid dienone is 2. The summed E-state index contributed by atoms with van der Waals surface area (Å²) in [6.45, 7) is 0. The van der Waals surface area contributed by atoms with E-state index < -0.39 is 12.1 Å². The summed E-state index contributed by atoms with van der Waals surface area (Å²) in [5.74, 6) is 0. The van der Waals surface area contributed by atoms with Crippen LogP contribution < -0.4 is 5.73 Å². The van der Waals surface area contributed by atoms with E-state index in [1.54, 1.807) is 0 Å². The number of nitriles is 1. The smallest absolute Gasteiger partial charge is 0.278 e. The Morgan fingerprint density at radius 3 is 2.38 bits per heavy atom. The van der Waals surface area contributed by atoms with E-state index in [0.717, 1.165) is 0 Å². The predicted octanol–water partition coefficient (Wildman–Crippen LogP) is 0.618. The second kappa shape index (κ2) is 2.97. The van der Waals surface area contributed by atoms with E-state index >= 15 is 0 Å². The number of halogens is 2. The molecule has 0 aromatic carbocycles. The number of hydrogen-bond donors (Lipinski definition) is 1. The molecule has 0 aliphatic heterocycles. The number of hydrogen-bond acceptors (Lipinski definition) is 2. The minimum absolute atomic E-state index is 0.616. The first-order valence-electron chi connectivity index (χ1n) is 1.81. The van der Waals surface area contributed by atoms with Crippen LogP contribution in [0.3, 0.4) is 0 Å². The van der Waals surface area contributed by atoms with Gasteiger partial charge in [-0.05, 0) is 0 Å². The molecule has 2 nitrogen and oxygen atoms in total. The third-order valence-corrected chi connectivity index (χ3v) is 0.483. The molecule has 0 amide bonds. The molecule has 44 valence electrons. The molecule has 0 aromatic heterocycles. The van der Waals surface area contributed by atoms with Gasteiger partial charge in [0.15, 0.2) is 0 Å². The van der Waals surface area contributed by atoms with Crippen molar-refractivity contribution < 1.29 is 8.78 Å². The molecule has 0 bridgehead atoms. The molecule has 8 heavy (non-hydrogen) atoms. The summed E-state index contributed by atoms with van der Waals surface area (Å²) >= 11 is 0. The van der Waals surface area contributed by atoms with E-state index in [4.69, 9.17) is 5.26 Å². The lowest BCUT2D eigenvalue weighted by molar-refractivity contribution is 0.188. The van der Waals surface area contributed by atoms with E-state index in [2.05, 4.69) is 5.73 Å². The minimum atomic E-state index is -2.71. The van der Waals surface area contributed by atoms with Gasteiger partial charge in [0.2, 0.25) is 0 Å². The van der Waals surface area contributed by atoms with Gasteiger partial charge in [0.05, 0.1) is 11.8 Å². The average Bonchev–Trinajstić information content (AvgIpc) is 1.67. The summed E-state index contributed by atoms with van der Waals surface area (Å²) in [5, 5.41) is 7.75. The second-order valence-corrected chi connectivity index (χ2v) is 1.07. The normalized spacial score (nSPS) is 11.5. The molecule has 0 atom stereocenters. The van der Waals surface area contributed by atoms with E-state index in [0.29, 0.717) is 6.08 Å². The Balaban J connectivity index is 3.85. The SMILES string of the molecule is N#C/C=C(/N)C(F)F. The van der Waals surface area contributed by atoms with E-state index in [9.17, 15) is 8.78 Å². The topological polar surface area (TPSA) is 49.8 Å². The molecular formula is C4H4F2N2. The van der Waals surface area contributed by atoms with Crippen LogP contribution in [0.2, 0.25) is 0 Å². The number of rotatable bonds is 1. The fourth-order valence-corrected chi connectivity index (χ4v) is 0.138. The van der Waals surface area contributed by atoms with Crippen molar-refractivity contribution in [1.82, 2.24) is 0 Å². The van der Waals surface area contributed by atoms with Crippen molar-refractivity contribution >= 4 is 0 Å². The summed E-state index contributed by atoms with van der Waals surface area (Å²) in [4.78, 5) is 0. The van der Waals surface area contributed by atoms with Gasteiger partial charge in [-0.1, -0.05) is 0 Å². The highest BCUT2D eigenvalue weighted by Crippen LogP contribution is 1.99. The molecule has 0 saturated heterocycles. The highest BCUT2D eigenvalue weighted by molar-refractivity contribution is 5.11. The van der Waals surface area contributed by atoms with Gasteiger partial charge in [0, 0.05) is 6.08 Å². The maximum absolute atomic E-state index is 11.3. The van der Waals surface area contributed by atoms with Gasteiger partial charge in [-0.15, -0.1) is 0 Å². The summed E-state index contributed by atoms with van der Waals surface area (Å²) in [6.07, 6.45) is -2.10. The zero-order valence-electron chi connectivity index (χ0n) is 3.94. The third kappa shape index (κ3) is 2.13. The summed E-state index contributed by atoms with van der Waals surface area (Å²) in [5.41, 5.74) is 3.93. The van der Waals surface area contributed by atoms with E-state index in [1.165, 1.54) is 6.07 Å². The largest absolute Gasteiger partial charge is 0.397 e. The molecule has 0 aliphatic carbocycles. The molecule has 0 aliphatic rings. The van der Waals surface area contributed by atoms with Crippen LogP contribution in [0.5, 0.6) is 0 Å². The van der Waals surface area contributed by atoms with Crippen molar-refractivity contribution in [3.63, 3.8) is 0 Å². The first-order valence-corrected chi connectivity index (χ1v) is 1.81. The lowest BCUT2D eigenvalue weighted by atomic mass is 10.4.